The number of phenols is 1. The number of amides is 1. The van der Waals surface area contributed by atoms with Crippen LogP contribution in [0.25, 0.3) is 0 Å². The summed E-state index contributed by atoms with van der Waals surface area (Å²) in [5, 5.41) is 14.4. The molecule has 2 aliphatic rings. The molecule has 30 heavy (non-hydrogen) atoms. The first-order valence-electron chi connectivity index (χ1n) is 10.4. The fourth-order valence-electron chi connectivity index (χ4n) is 4.08. The predicted molar refractivity (Wildman–Crippen MR) is 122 cm³/mol. The summed E-state index contributed by atoms with van der Waals surface area (Å²) in [6.45, 7) is 8.67. The number of nitrogens with zero attached hydrogens (tertiary/aromatic N) is 1. The number of carbonyl (C=O) groups is 1. The van der Waals surface area contributed by atoms with Crippen LogP contribution in [0.5, 0.6) is 5.75 Å². The first kappa shape index (κ1) is 24.0. The Morgan fingerprint density at radius 3 is 2.47 bits per heavy atom. The summed E-state index contributed by atoms with van der Waals surface area (Å²) in [5.41, 5.74) is 0.590. The predicted octanol–water partition coefficient (Wildman–Crippen LogP) is 3.64. The van der Waals surface area contributed by atoms with Crippen LogP contribution in [0.2, 0.25) is 10.0 Å². The summed E-state index contributed by atoms with van der Waals surface area (Å²) in [7, 11) is 0. The number of piperidine rings is 1. The normalized spacial score (nSPS) is 22.9. The Morgan fingerprint density at radius 1 is 1.27 bits per heavy atom. The Balaban J connectivity index is 1.77. The second-order valence-electron chi connectivity index (χ2n) is 9.15. The number of hydrogen-bond acceptors (Lipinski definition) is 5. The van der Waals surface area contributed by atoms with E-state index in [1.54, 1.807) is 6.07 Å². The van der Waals surface area contributed by atoms with Gasteiger partial charge in [-0.15, -0.1) is 4.72 Å². The number of nitrogens with one attached hydrogen (secondary N) is 2. The molecule has 9 heteroatoms. The maximum Gasteiger partial charge on any atom is 0.227 e. The molecule has 2 aliphatic heterocycles. The molecule has 1 amide bonds. The van der Waals surface area contributed by atoms with Crippen molar-refractivity contribution in [3.05, 3.63) is 27.7 Å². The highest BCUT2D eigenvalue weighted by Gasteiger charge is 2.38. The maximum atomic E-state index is 12.9. The highest BCUT2D eigenvalue weighted by molar-refractivity contribution is 7.90. The molecule has 2 heterocycles. The summed E-state index contributed by atoms with van der Waals surface area (Å²) in [4.78, 5) is 14.7. The molecule has 2 unspecified atom stereocenters. The summed E-state index contributed by atoms with van der Waals surface area (Å²) in [6.07, 6.45) is 2.40. The lowest BCUT2D eigenvalue weighted by atomic mass is 9.85. The van der Waals surface area contributed by atoms with Crippen molar-refractivity contribution in [2.45, 2.75) is 50.8 Å². The number of benzene rings is 1. The fraction of sp³-hybridized carbons (Fsp3) is 0.667. The van der Waals surface area contributed by atoms with Gasteiger partial charge in [0.2, 0.25) is 5.91 Å². The molecule has 168 valence electrons. The number of likely N-dealkylation sites (tertiary alicyclic amines) is 1. The lowest BCUT2D eigenvalue weighted by Crippen LogP contribution is -2.47. The minimum absolute atomic E-state index is 0.0309. The smallest absolute Gasteiger partial charge is 0.227 e. The van der Waals surface area contributed by atoms with E-state index in [1.807, 2.05) is 25.7 Å². The van der Waals surface area contributed by atoms with Crippen LogP contribution in [0.15, 0.2) is 12.1 Å². The van der Waals surface area contributed by atoms with Gasteiger partial charge in [-0.05, 0) is 58.6 Å². The molecule has 6 nitrogen and oxygen atoms in total. The molecule has 0 saturated carbocycles. The van der Waals surface area contributed by atoms with Gasteiger partial charge in [0.05, 0.1) is 22.0 Å². The molecule has 2 saturated heterocycles. The van der Waals surface area contributed by atoms with Gasteiger partial charge in [0.1, 0.15) is 10.5 Å². The van der Waals surface area contributed by atoms with Crippen molar-refractivity contribution in [1.29, 1.82) is 0 Å². The number of phenolic OH excluding ortho intramolecular Hbond substituents is 1. The molecule has 0 aliphatic carbocycles. The molecule has 1 aromatic rings. The first-order valence-corrected chi connectivity index (χ1v) is 12.3. The summed E-state index contributed by atoms with van der Waals surface area (Å²) < 4.78 is 15.7. The Kier molecular flexibility index (Phi) is 7.86. The fourth-order valence-corrected chi connectivity index (χ4v) is 5.32. The van der Waals surface area contributed by atoms with E-state index in [-0.39, 0.29) is 34.6 Å². The second kappa shape index (κ2) is 9.84. The Hall–Kier alpha value is -0.700. The average Bonchev–Trinajstić information content (AvgIpc) is 3.23. The van der Waals surface area contributed by atoms with Crippen molar-refractivity contribution in [2.24, 2.45) is 11.8 Å². The minimum Gasteiger partial charge on any atom is -0.598 e. The van der Waals surface area contributed by atoms with Gasteiger partial charge in [-0.1, -0.05) is 23.2 Å². The van der Waals surface area contributed by atoms with Gasteiger partial charge >= 0.3 is 0 Å². The third kappa shape index (κ3) is 5.56. The van der Waals surface area contributed by atoms with Crippen LogP contribution in [0, 0.1) is 11.8 Å². The molecule has 3 N–H and O–H groups in total. The summed E-state index contributed by atoms with van der Waals surface area (Å²) in [6, 6.07) is 2.73. The van der Waals surface area contributed by atoms with E-state index in [9.17, 15) is 14.5 Å². The van der Waals surface area contributed by atoms with E-state index in [4.69, 9.17) is 23.2 Å². The van der Waals surface area contributed by atoms with Crippen LogP contribution in [-0.2, 0) is 16.2 Å². The number of hydrogen-bond donors (Lipinski definition) is 3. The van der Waals surface area contributed by atoms with Crippen molar-refractivity contribution in [2.75, 3.05) is 26.2 Å². The molecule has 3 rings (SSSR count). The summed E-state index contributed by atoms with van der Waals surface area (Å²) >= 11 is 10.9. The monoisotopic (exact) mass is 475 g/mol. The number of rotatable bonds is 5. The largest absolute Gasteiger partial charge is 0.598 e. The van der Waals surface area contributed by atoms with E-state index in [2.05, 4.69) is 10.0 Å². The molecular formula is C21H31Cl2N3O3S. The minimum atomic E-state index is -1.34. The molecule has 0 spiro atoms. The Labute approximate surface area is 192 Å². The number of carbonyl (C=O) groups excluding carboxylic acids is 1. The van der Waals surface area contributed by atoms with E-state index in [0.29, 0.717) is 23.7 Å². The van der Waals surface area contributed by atoms with E-state index in [1.165, 1.54) is 6.07 Å². The highest BCUT2D eigenvalue weighted by atomic mass is 35.5. The third-order valence-corrected chi connectivity index (χ3v) is 8.23. The molecule has 0 bridgehead atoms. The van der Waals surface area contributed by atoms with Gasteiger partial charge in [0.25, 0.3) is 0 Å². The van der Waals surface area contributed by atoms with Crippen molar-refractivity contribution in [1.82, 2.24) is 14.9 Å². The number of aromatic hydroxyl groups is 1. The standard InChI is InChI=1S/C21H31Cl2N3O3S/c1-21(2,3)30(29)25-19(15-10-16(22)17(23)11-18(15)27)13-5-8-26(9-6-13)20(28)14-4-7-24-12-14/h10-11,13-14,19,24-25,27H,4-9,12H2,1-3H3/t14?,19-,30?/m1/s1. The average molecular weight is 476 g/mol. The van der Waals surface area contributed by atoms with Gasteiger partial charge in [0, 0.05) is 42.6 Å². The van der Waals surface area contributed by atoms with Crippen LogP contribution >= 0.6 is 23.2 Å². The van der Waals surface area contributed by atoms with Crippen LogP contribution in [0.4, 0.5) is 0 Å². The molecule has 1 aromatic carbocycles. The van der Waals surface area contributed by atoms with E-state index < -0.39 is 16.1 Å². The van der Waals surface area contributed by atoms with Gasteiger partial charge in [-0.3, -0.25) is 4.79 Å². The van der Waals surface area contributed by atoms with Crippen molar-refractivity contribution in [3.63, 3.8) is 0 Å². The van der Waals surface area contributed by atoms with Crippen molar-refractivity contribution >= 4 is 40.5 Å². The Bertz CT molecular complexity index is 761. The van der Waals surface area contributed by atoms with Crippen LogP contribution in [-0.4, -0.2) is 51.4 Å². The molecule has 0 aromatic heterocycles. The molecule has 0 radical (unpaired) electrons. The maximum absolute atomic E-state index is 12.9. The van der Waals surface area contributed by atoms with Crippen LogP contribution in [0.3, 0.4) is 0 Å². The zero-order valence-electron chi connectivity index (χ0n) is 17.7. The zero-order chi connectivity index (χ0) is 22.1. The topological polar surface area (TPSA) is 87.7 Å². The van der Waals surface area contributed by atoms with Gasteiger partial charge in [-0.25, -0.2) is 0 Å². The highest BCUT2D eigenvalue weighted by Crippen LogP contribution is 2.40. The van der Waals surface area contributed by atoms with Crippen LogP contribution < -0.4 is 10.0 Å². The van der Waals surface area contributed by atoms with Crippen molar-refractivity contribution in [3.8, 4) is 5.75 Å². The second-order valence-corrected chi connectivity index (χ2v) is 12.0. The quantitative estimate of drug-likeness (QED) is 0.565. The zero-order valence-corrected chi connectivity index (χ0v) is 20.0. The van der Waals surface area contributed by atoms with Gasteiger partial charge in [-0.2, -0.15) is 0 Å². The van der Waals surface area contributed by atoms with E-state index >= 15 is 0 Å². The SMILES string of the molecule is CC(C)(C)[S+]([O-])N[C@@H](c1cc(Cl)c(Cl)cc1O)C1CCN(C(=O)C2CCNC2)CC1. The van der Waals surface area contributed by atoms with Crippen molar-refractivity contribution < 1.29 is 14.5 Å². The lowest BCUT2D eigenvalue weighted by molar-refractivity contribution is -0.136. The first-order chi connectivity index (χ1) is 14.1. The van der Waals surface area contributed by atoms with E-state index in [0.717, 1.165) is 32.4 Å². The number of halogens is 2. The summed E-state index contributed by atoms with van der Waals surface area (Å²) in [5.74, 6) is 0.426. The van der Waals surface area contributed by atoms with Gasteiger partial charge < -0.3 is 19.9 Å². The Morgan fingerprint density at radius 2 is 1.90 bits per heavy atom. The third-order valence-electron chi connectivity index (χ3n) is 5.93. The molecule has 2 fully saturated rings. The molecular weight excluding hydrogens is 445 g/mol. The molecule has 3 atom stereocenters. The lowest BCUT2D eigenvalue weighted by Gasteiger charge is -2.38. The van der Waals surface area contributed by atoms with Gasteiger partial charge in [0.15, 0.2) is 0 Å². The van der Waals surface area contributed by atoms with Crippen LogP contribution in [0.1, 0.15) is 51.6 Å².